The highest BCUT2D eigenvalue weighted by Gasteiger charge is 2.35. The summed E-state index contributed by atoms with van der Waals surface area (Å²) in [6, 6.07) is 15.6. The molecule has 2 saturated heterocycles. The molecule has 0 bridgehead atoms. The van der Waals surface area contributed by atoms with Gasteiger partial charge in [0.05, 0.1) is 11.7 Å². The first-order valence-electron chi connectivity index (χ1n) is 11.8. The monoisotopic (exact) mass is 443 g/mol. The fraction of sp³-hybridized carbons (Fsp3) is 0.385. The maximum absolute atomic E-state index is 13.4. The van der Waals surface area contributed by atoms with E-state index >= 15 is 0 Å². The summed E-state index contributed by atoms with van der Waals surface area (Å²) in [7, 11) is 0. The van der Waals surface area contributed by atoms with Gasteiger partial charge in [0.2, 0.25) is 0 Å². The lowest BCUT2D eigenvalue weighted by atomic mass is 9.98. The molecule has 2 atom stereocenters. The van der Waals surface area contributed by atoms with Crippen LogP contribution in [-0.4, -0.2) is 45.0 Å². The number of carbonyl (C=O) groups is 1. The molecule has 2 aliphatic heterocycles. The number of para-hydroxylation sites is 1. The third-order valence-corrected chi connectivity index (χ3v) is 6.29. The summed E-state index contributed by atoms with van der Waals surface area (Å²) in [5.74, 6) is 1.45. The molecule has 4 heterocycles. The van der Waals surface area contributed by atoms with E-state index < -0.39 is 0 Å². The second kappa shape index (κ2) is 10.1. The van der Waals surface area contributed by atoms with Gasteiger partial charge in [-0.3, -0.25) is 9.78 Å². The number of hydrogen-bond donors (Lipinski definition) is 1. The number of pyridine rings is 1. The minimum absolute atomic E-state index is 0.0762. The van der Waals surface area contributed by atoms with Gasteiger partial charge in [0.1, 0.15) is 11.9 Å². The molecule has 2 aliphatic rings. The zero-order valence-corrected chi connectivity index (χ0v) is 18.7. The predicted octanol–water partition coefficient (Wildman–Crippen LogP) is 4.90. The number of anilines is 2. The van der Waals surface area contributed by atoms with Gasteiger partial charge < -0.3 is 15.0 Å². The normalized spacial score (nSPS) is 20.9. The lowest BCUT2D eigenvalue weighted by Gasteiger charge is -2.37. The van der Waals surface area contributed by atoms with Crippen LogP contribution in [0.15, 0.2) is 60.9 Å². The summed E-state index contributed by atoms with van der Waals surface area (Å²) < 4.78 is 5.82. The first-order chi connectivity index (χ1) is 16.3. The number of piperidine rings is 1. The van der Waals surface area contributed by atoms with Crippen LogP contribution in [-0.2, 0) is 9.53 Å². The smallest absolute Gasteiger partial charge is 0.252 e. The van der Waals surface area contributed by atoms with E-state index in [0.717, 1.165) is 55.5 Å². The molecule has 5 rings (SSSR count). The molecule has 1 amide bonds. The molecule has 7 heteroatoms. The highest BCUT2D eigenvalue weighted by atomic mass is 16.5. The van der Waals surface area contributed by atoms with Gasteiger partial charge in [-0.05, 0) is 62.8 Å². The summed E-state index contributed by atoms with van der Waals surface area (Å²) in [4.78, 5) is 29.4. The fourth-order valence-corrected chi connectivity index (χ4v) is 4.59. The zero-order chi connectivity index (χ0) is 22.5. The number of aromatic nitrogens is 3. The molecule has 0 unspecified atom stereocenters. The quantitative estimate of drug-likeness (QED) is 0.604. The number of ether oxygens (including phenoxy) is 1. The fourth-order valence-electron chi connectivity index (χ4n) is 4.59. The highest BCUT2D eigenvalue weighted by molar-refractivity contribution is 5.81. The Morgan fingerprint density at radius 1 is 1.00 bits per heavy atom. The molecule has 7 nitrogen and oxygen atoms in total. The number of hydrogen-bond acceptors (Lipinski definition) is 6. The van der Waals surface area contributed by atoms with Crippen molar-refractivity contribution < 1.29 is 9.53 Å². The van der Waals surface area contributed by atoms with Crippen molar-refractivity contribution in [2.24, 2.45) is 0 Å². The lowest BCUT2D eigenvalue weighted by Crippen LogP contribution is -2.46. The molecular formula is C26H29N5O2. The van der Waals surface area contributed by atoms with Crippen molar-refractivity contribution in [1.82, 2.24) is 19.9 Å². The molecule has 3 aromatic rings. The summed E-state index contributed by atoms with van der Waals surface area (Å²) in [6.45, 7) is 1.37. The van der Waals surface area contributed by atoms with E-state index in [1.54, 1.807) is 12.4 Å². The highest BCUT2D eigenvalue weighted by Crippen LogP contribution is 2.33. The van der Waals surface area contributed by atoms with Crippen LogP contribution >= 0.6 is 0 Å². The topological polar surface area (TPSA) is 80.2 Å². The van der Waals surface area contributed by atoms with Gasteiger partial charge in [-0.25, -0.2) is 9.97 Å². The SMILES string of the molecule is O=C([C@H]1CCCCO1)N1CCCC[C@H]1c1nc(Nc2ccccc2)cc(-c2cccnc2)n1. The molecule has 0 saturated carbocycles. The first-order valence-corrected chi connectivity index (χ1v) is 11.8. The summed E-state index contributed by atoms with van der Waals surface area (Å²) in [5, 5.41) is 3.40. The Labute approximate surface area is 194 Å². The molecule has 1 N–H and O–H groups in total. The Hall–Kier alpha value is -3.32. The van der Waals surface area contributed by atoms with Gasteiger partial charge in [0.15, 0.2) is 5.82 Å². The van der Waals surface area contributed by atoms with E-state index in [4.69, 9.17) is 14.7 Å². The van der Waals surface area contributed by atoms with Crippen molar-refractivity contribution in [1.29, 1.82) is 0 Å². The van der Waals surface area contributed by atoms with Crippen molar-refractivity contribution in [2.45, 2.75) is 50.7 Å². The van der Waals surface area contributed by atoms with Crippen molar-refractivity contribution in [2.75, 3.05) is 18.5 Å². The van der Waals surface area contributed by atoms with Gasteiger partial charge in [-0.1, -0.05) is 18.2 Å². The number of benzene rings is 1. The van der Waals surface area contributed by atoms with Crippen molar-refractivity contribution in [3.8, 4) is 11.3 Å². The predicted molar refractivity (Wildman–Crippen MR) is 127 cm³/mol. The number of nitrogens with zero attached hydrogens (tertiary/aromatic N) is 4. The van der Waals surface area contributed by atoms with E-state index in [1.165, 1.54) is 0 Å². The number of nitrogens with one attached hydrogen (secondary N) is 1. The zero-order valence-electron chi connectivity index (χ0n) is 18.7. The van der Waals surface area contributed by atoms with Crippen LogP contribution in [0.2, 0.25) is 0 Å². The number of carbonyl (C=O) groups excluding carboxylic acids is 1. The largest absolute Gasteiger partial charge is 0.368 e. The summed E-state index contributed by atoms with van der Waals surface area (Å²) in [5.41, 5.74) is 2.66. The third kappa shape index (κ3) is 5.03. The van der Waals surface area contributed by atoms with E-state index in [1.807, 2.05) is 53.4 Å². The summed E-state index contributed by atoms with van der Waals surface area (Å²) in [6.07, 6.45) is 8.94. The molecular weight excluding hydrogens is 414 g/mol. The second-order valence-corrected chi connectivity index (χ2v) is 8.63. The number of rotatable bonds is 5. The molecule has 2 fully saturated rings. The maximum atomic E-state index is 13.4. The molecule has 0 spiro atoms. The Morgan fingerprint density at radius 3 is 2.67 bits per heavy atom. The van der Waals surface area contributed by atoms with Crippen LogP contribution in [0, 0.1) is 0 Å². The molecule has 0 aliphatic carbocycles. The average Bonchev–Trinajstić information content (AvgIpc) is 2.90. The van der Waals surface area contributed by atoms with Gasteiger partial charge in [0.25, 0.3) is 5.91 Å². The molecule has 170 valence electrons. The number of amides is 1. The third-order valence-electron chi connectivity index (χ3n) is 6.29. The molecule has 2 aromatic heterocycles. The molecule has 33 heavy (non-hydrogen) atoms. The van der Waals surface area contributed by atoms with E-state index in [2.05, 4.69) is 10.3 Å². The van der Waals surface area contributed by atoms with Gasteiger partial charge >= 0.3 is 0 Å². The van der Waals surface area contributed by atoms with Crippen LogP contribution in [0.1, 0.15) is 50.4 Å². The second-order valence-electron chi connectivity index (χ2n) is 8.63. The van der Waals surface area contributed by atoms with E-state index in [9.17, 15) is 4.79 Å². The minimum Gasteiger partial charge on any atom is -0.368 e. The van der Waals surface area contributed by atoms with E-state index in [-0.39, 0.29) is 18.1 Å². The Bertz CT molecular complexity index is 1070. The van der Waals surface area contributed by atoms with Crippen LogP contribution in [0.4, 0.5) is 11.5 Å². The van der Waals surface area contributed by atoms with Crippen LogP contribution < -0.4 is 5.32 Å². The summed E-state index contributed by atoms with van der Waals surface area (Å²) >= 11 is 0. The van der Waals surface area contributed by atoms with E-state index in [0.29, 0.717) is 24.8 Å². The Balaban J connectivity index is 1.50. The minimum atomic E-state index is -0.345. The maximum Gasteiger partial charge on any atom is 0.252 e. The van der Waals surface area contributed by atoms with Gasteiger partial charge in [0, 0.05) is 42.9 Å². The van der Waals surface area contributed by atoms with Gasteiger partial charge in [-0.2, -0.15) is 0 Å². The first kappa shape index (κ1) is 21.5. The lowest BCUT2D eigenvalue weighted by molar-refractivity contribution is -0.150. The van der Waals surface area contributed by atoms with Gasteiger partial charge in [-0.15, -0.1) is 0 Å². The molecule has 1 aromatic carbocycles. The Kier molecular flexibility index (Phi) is 6.58. The van der Waals surface area contributed by atoms with Crippen molar-refractivity contribution >= 4 is 17.4 Å². The molecule has 0 radical (unpaired) electrons. The van der Waals surface area contributed by atoms with Crippen molar-refractivity contribution in [3.63, 3.8) is 0 Å². The Morgan fingerprint density at radius 2 is 1.88 bits per heavy atom. The van der Waals surface area contributed by atoms with Crippen LogP contribution in [0.5, 0.6) is 0 Å². The van der Waals surface area contributed by atoms with Crippen molar-refractivity contribution in [3.05, 3.63) is 66.7 Å². The average molecular weight is 444 g/mol. The van der Waals surface area contributed by atoms with Crippen LogP contribution in [0.3, 0.4) is 0 Å². The standard InChI is InChI=1S/C26H29N5O2/c32-26(23-13-5-7-16-33-23)31-15-6-4-12-22(31)25-29-21(19-9-8-14-27-18-19)17-24(30-25)28-20-10-2-1-3-11-20/h1-3,8-11,14,17-18,22-23H,4-7,12-13,15-16H2,(H,28,29,30)/t22-,23+/m0/s1. The van der Waals surface area contributed by atoms with Crippen LogP contribution in [0.25, 0.3) is 11.3 Å². The number of likely N-dealkylation sites (tertiary alicyclic amines) is 1.